The molecule has 4 heterocycles. The molecule has 0 aromatic carbocycles. The summed E-state index contributed by atoms with van der Waals surface area (Å²) >= 11 is 1.52. The summed E-state index contributed by atoms with van der Waals surface area (Å²) in [5.41, 5.74) is 0.817. The van der Waals surface area contributed by atoms with E-state index in [1.807, 2.05) is 17.5 Å². The molecule has 4 rings (SSSR count). The Morgan fingerprint density at radius 1 is 1.39 bits per heavy atom. The van der Waals surface area contributed by atoms with E-state index < -0.39 is 0 Å². The molecule has 1 N–H and O–H groups in total. The van der Waals surface area contributed by atoms with Crippen molar-refractivity contribution in [1.29, 1.82) is 0 Å². The molecule has 0 spiro atoms. The van der Waals surface area contributed by atoms with Gasteiger partial charge in [0.1, 0.15) is 0 Å². The van der Waals surface area contributed by atoms with E-state index in [1.165, 1.54) is 37.1 Å². The maximum Gasteiger partial charge on any atom is 0.226 e. The lowest BCUT2D eigenvalue weighted by molar-refractivity contribution is -0.121. The highest BCUT2D eigenvalue weighted by Crippen LogP contribution is 2.27. The first-order valence-corrected chi connectivity index (χ1v) is 9.19. The first-order valence-electron chi connectivity index (χ1n) is 8.31. The van der Waals surface area contributed by atoms with Gasteiger partial charge in [-0.25, -0.2) is 4.98 Å². The number of aromatic nitrogens is 1. The van der Waals surface area contributed by atoms with Gasteiger partial charge in [-0.3, -0.25) is 9.69 Å². The van der Waals surface area contributed by atoms with E-state index in [0.717, 1.165) is 29.4 Å². The Labute approximate surface area is 139 Å². The van der Waals surface area contributed by atoms with Crippen molar-refractivity contribution in [1.82, 2.24) is 15.2 Å². The van der Waals surface area contributed by atoms with Crippen molar-refractivity contribution in [2.45, 2.75) is 44.2 Å². The molecule has 5 nitrogen and oxygen atoms in total. The van der Waals surface area contributed by atoms with E-state index >= 15 is 0 Å². The Bertz CT molecular complexity index is 667. The zero-order valence-corrected chi connectivity index (χ0v) is 13.8. The second-order valence-electron chi connectivity index (χ2n) is 6.36. The molecule has 0 saturated carbocycles. The molecule has 2 aliphatic rings. The molecule has 2 saturated heterocycles. The van der Waals surface area contributed by atoms with Crippen LogP contribution in [0.1, 0.15) is 31.4 Å². The van der Waals surface area contributed by atoms with Gasteiger partial charge >= 0.3 is 0 Å². The fourth-order valence-corrected chi connectivity index (χ4v) is 4.53. The zero-order chi connectivity index (χ0) is 15.6. The molecular weight excluding hydrogens is 310 g/mol. The van der Waals surface area contributed by atoms with Gasteiger partial charge in [-0.2, -0.15) is 0 Å². The van der Waals surface area contributed by atoms with Crippen LogP contribution in [0.3, 0.4) is 0 Å². The van der Waals surface area contributed by atoms with Gasteiger partial charge in [0.2, 0.25) is 5.91 Å². The van der Waals surface area contributed by atoms with Crippen LogP contribution in [-0.2, 0) is 11.2 Å². The highest BCUT2D eigenvalue weighted by Gasteiger charge is 2.36. The van der Waals surface area contributed by atoms with Crippen molar-refractivity contribution in [2.24, 2.45) is 0 Å². The van der Waals surface area contributed by atoms with Gasteiger partial charge < -0.3 is 9.73 Å². The van der Waals surface area contributed by atoms with Crippen LogP contribution >= 0.6 is 11.3 Å². The lowest BCUT2D eigenvalue weighted by atomic mass is 9.99. The number of thiazole rings is 1. The van der Waals surface area contributed by atoms with Crippen LogP contribution in [0.25, 0.3) is 10.8 Å². The summed E-state index contributed by atoms with van der Waals surface area (Å²) < 4.78 is 5.35. The minimum absolute atomic E-state index is 0.0821. The summed E-state index contributed by atoms with van der Waals surface area (Å²) in [5, 5.41) is 6.01. The van der Waals surface area contributed by atoms with Crippen LogP contribution in [-0.4, -0.2) is 41.0 Å². The van der Waals surface area contributed by atoms with Gasteiger partial charge in [-0.1, -0.05) is 6.42 Å². The number of hydrogen-bond donors (Lipinski definition) is 1. The number of rotatable bonds is 4. The molecule has 2 aromatic heterocycles. The second-order valence-corrected chi connectivity index (χ2v) is 7.22. The van der Waals surface area contributed by atoms with Crippen LogP contribution in [0.4, 0.5) is 0 Å². The molecule has 2 atom stereocenters. The Balaban J connectivity index is 1.35. The monoisotopic (exact) mass is 331 g/mol. The first kappa shape index (κ1) is 14.9. The van der Waals surface area contributed by atoms with Crippen LogP contribution in [0.5, 0.6) is 0 Å². The molecule has 0 radical (unpaired) electrons. The lowest BCUT2D eigenvalue weighted by Crippen LogP contribution is -2.47. The highest BCUT2D eigenvalue weighted by molar-refractivity contribution is 7.13. The van der Waals surface area contributed by atoms with Gasteiger partial charge in [0.05, 0.1) is 18.4 Å². The minimum Gasteiger partial charge on any atom is -0.462 e. The average molecular weight is 331 g/mol. The van der Waals surface area contributed by atoms with Crippen LogP contribution in [0, 0.1) is 0 Å². The molecule has 122 valence electrons. The zero-order valence-electron chi connectivity index (χ0n) is 13.0. The minimum atomic E-state index is 0.0821. The van der Waals surface area contributed by atoms with Gasteiger partial charge in [-0.15, -0.1) is 11.3 Å². The Morgan fingerprint density at radius 3 is 3.22 bits per heavy atom. The van der Waals surface area contributed by atoms with Gasteiger partial charge in [0.25, 0.3) is 0 Å². The summed E-state index contributed by atoms with van der Waals surface area (Å²) in [5.74, 6) is 0.842. The summed E-state index contributed by atoms with van der Waals surface area (Å²) in [7, 11) is 0. The number of carbonyl (C=O) groups is 1. The van der Waals surface area contributed by atoms with E-state index in [2.05, 4.69) is 15.2 Å². The van der Waals surface area contributed by atoms with E-state index in [4.69, 9.17) is 4.42 Å². The lowest BCUT2D eigenvalue weighted by Gasteiger charge is -2.32. The topological polar surface area (TPSA) is 58.4 Å². The third kappa shape index (κ3) is 3.19. The van der Waals surface area contributed by atoms with Crippen LogP contribution in [0.15, 0.2) is 28.2 Å². The van der Waals surface area contributed by atoms with Gasteiger partial charge in [0, 0.05) is 24.0 Å². The molecule has 23 heavy (non-hydrogen) atoms. The first-order chi connectivity index (χ1) is 11.3. The Morgan fingerprint density at radius 2 is 2.35 bits per heavy atom. The maximum atomic E-state index is 12.4. The number of fused-ring (bicyclic) bond motifs is 1. The van der Waals surface area contributed by atoms with Crippen LogP contribution < -0.4 is 5.32 Å². The normalized spacial score (nSPS) is 24.5. The number of hydrogen-bond acceptors (Lipinski definition) is 5. The summed E-state index contributed by atoms with van der Waals surface area (Å²) in [6.45, 7) is 2.31. The predicted octanol–water partition coefficient (Wildman–Crippen LogP) is 2.69. The largest absolute Gasteiger partial charge is 0.462 e. The van der Waals surface area contributed by atoms with Crippen molar-refractivity contribution < 1.29 is 9.21 Å². The van der Waals surface area contributed by atoms with Crippen molar-refractivity contribution >= 4 is 17.2 Å². The summed E-state index contributed by atoms with van der Waals surface area (Å²) in [6.07, 6.45) is 6.85. The van der Waals surface area contributed by atoms with Crippen molar-refractivity contribution in [3.63, 3.8) is 0 Å². The SMILES string of the molecule is O=C(Cc1csc(-c2ccco2)n1)NC1CCN2CCCCC12. The Hall–Kier alpha value is -1.66. The third-order valence-corrected chi connectivity index (χ3v) is 5.73. The molecule has 2 fully saturated rings. The number of nitrogens with one attached hydrogen (secondary N) is 1. The predicted molar refractivity (Wildman–Crippen MR) is 89.3 cm³/mol. The number of amides is 1. The number of piperidine rings is 1. The molecule has 2 aromatic rings. The number of furan rings is 1. The fraction of sp³-hybridized carbons (Fsp3) is 0.529. The van der Waals surface area contributed by atoms with E-state index in [9.17, 15) is 4.79 Å². The molecule has 2 unspecified atom stereocenters. The fourth-order valence-electron chi connectivity index (χ4n) is 3.74. The smallest absolute Gasteiger partial charge is 0.226 e. The number of carbonyl (C=O) groups excluding carboxylic acids is 1. The van der Waals surface area contributed by atoms with Gasteiger partial charge in [-0.05, 0) is 37.9 Å². The molecule has 6 heteroatoms. The Kier molecular flexibility index (Phi) is 4.18. The van der Waals surface area contributed by atoms with Crippen molar-refractivity contribution in [3.05, 3.63) is 29.5 Å². The third-order valence-electron chi connectivity index (χ3n) is 4.83. The molecule has 1 amide bonds. The van der Waals surface area contributed by atoms with Crippen LogP contribution in [0.2, 0.25) is 0 Å². The molecular formula is C17H21N3O2S. The quantitative estimate of drug-likeness (QED) is 0.936. The highest BCUT2D eigenvalue weighted by atomic mass is 32.1. The van der Waals surface area contributed by atoms with E-state index in [-0.39, 0.29) is 5.91 Å². The summed E-state index contributed by atoms with van der Waals surface area (Å²) in [4.78, 5) is 19.4. The maximum absolute atomic E-state index is 12.4. The molecule has 2 aliphatic heterocycles. The number of nitrogens with zero attached hydrogens (tertiary/aromatic N) is 2. The molecule has 0 aliphatic carbocycles. The van der Waals surface area contributed by atoms with Crippen molar-refractivity contribution in [3.8, 4) is 10.8 Å². The van der Waals surface area contributed by atoms with Gasteiger partial charge in [0.15, 0.2) is 10.8 Å². The van der Waals surface area contributed by atoms with E-state index in [1.54, 1.807) is 6.26 Å². The summed E-state index contributed by atoms with van der Waals surface area (Å²) in [6, 6.07) is 4.59. The standard InChI is InChI=1S/C17H21N3O2S/c21-16(19-13-6-8-20-7-2-1-4-14(13)20)10-12-11-23-17(18-12)15-5-3-9-22-15/h3,5,9,11,13-14H,1-2,4,6-8,10H2,(H,19,21). The van der Waals surface area contributed by atoms with E-state index in [0.29, 0.717) is 18.5 Å². The second kappa shape index (κ2) is 6.45. The average Bonchev–Trinajstić information content (AvgIpc) is 3.27. The van der Waals surface area contributed by atoms with Crippen molar-refractivity contribution in [2.75, 3.05) is 13.1 Å². The molecule has 0 bridgehead atoms.